The molecule has 0 N–H and O–H groups in total. The normalized spacial score (nSPS) is 13.7. The topological polar surface area (TPSA) is 0 Å². The van der Waals surface area contributed by atoms with Gasteiger partial charge in [0.25, 0.3) is 0 Å². The second-order valence-corrected chi connectivity index (χ2v) is 7.06. The van der Waals surface area contributed by atoms with Crippen molar-refractivity contribution in [1.29, 1.82) is 0 Å². The van der Waals surface area contributed by atoms with Gasteiger partial charge in [0.05, 0.1) is 0 Å². The third kappa shape index (κ3) is 18.5. The molecule has 2 unspecified atom stereocenters. The van der Waals surface area contributed by atoms with Gasteiger partial charge in [-0.2, -0.15) is 6.42 Å². The van der Waals surface area contributed by atoms with Crippen LogP contribution in [-0.2, 0) is 0 Å². The quantitative estimate of drug-likeness (QED) is 0.235. The molecule has 0 amide bonds. The van der Waals surface area contributed by atoms with Gasteiger partial charge in [-0.05, 0) is 18.3 Å². The van der Waals surface area contributed by atoms with Crippen LogP contribution in [0.1, 0.15) is 111 Å². The summed E-state index contributed by atoms with van der Waals surface area (Å²) >= 11 is 0. The average molecular weight is 288 g/mol. The van der Waals surface area contributed by atoms with Crippen molar-refractivity contribution in [2.45, 2.75) is 111 Å². The van der Waals surface area contributed by atoms with Crippen molar-refractivity contribution in [3.63, 3.8) is 0 Å². The van der Waals surface area contributed by atoms with Crippen molar-refractivity contribution in [3.8, 4) is 0 Å². The smallest absolute Gasteiger partial charge is 0.343 e. The van der Waals surface area contributed by atoms with E-state index in [1.807, 2.05) is 0 Å². The van der Waals surface area contributed by atoms with Gasteiger partial charge in [0, 0.05) is 0 Å². The summed E-state index contributed by atoms with van der Waals surface area (Å²) in [6.07, 6.45) is 19.8. The van der Waals surface area contributed by atoms with Crippen molar-refractivity contribution < 1.29 is 18.9 Å². The van der Waals surface area contributed by atoms with Gasteiger partial charge in [-0.15, -0.1) is 0 Å². The zero-order valence-corrected chi connectivity index (χ0v) is 15.8. The number of hydrogen-bond acceptors (Lipinski definition) is 0. The van der Waals surface area contributed by atoms with E-state index >= 15 is 0 Å². The van der Waals surface area contributed by atoms with E-state index in [0.29, 0.717) is 0 Å². The van der Waals surface area contributed by atoms with Gasteiger partial charge in [0.2, 0.25) is 0 Å². The molecule has 0 aliphatic carbocycles. The zero-order valence-electron chi connectivity index (χ0n) is 15.8. The van der Waals surface area contributed by atoms with E-state index in [2.05, 4.69) is 27.7 Å². The van der Waals surface area contributed by atoms with Crippen molar-refractivity contribution in [3.05, 3.63) is 6.92 Å². The Morgan fingerprint density at radius 3 is 1.57 bits per heavy atom. The molecule has 0 aromatic rings. The minimum Gasteiger partial charge on any atom is -0.343 e. The first-order chi connectivity index (χ1) is 9.70. The van der Waals surface area contributed by atoms with E-state index in [0.717, 1.165) is 18.3 Å². The molecular formula is C20H41Li. The van der Waals surface area contributed by atoms with Gasteiger partial charge in [-0.1, -0.05) is 97.8 Å². The first-order valence-corrected chi connectivity index (χ1v) is 9.49. The first-order valence-electron chi connectivity index (χ1n) is 9.49. The van der Waals surface area contributed by atoms with Crippen LogP contribution in [0.3, 0.4) is 0 Å². The molecule has 0 nitrogen and oxygen atoms in total. The largest absolute Gasteiger partial charge is 1.00 e. The molecule has 0 fully saturated rings. The molecule has 0 saturated carbocycles. The fourth-order valence-corrected chi connectivity index (χ4v) is 3.25. The molecule has 0 bridgehead atoms. The summed E-state index contributed by atoms with van der Waals surface area (Å²) in [4.78, 5) is 0. The molecule has 122 valence electrons. The van der Waals surface area contributed by atoms with Crippen molar-refractivity contribution in [2.75, 3.05) is 0 Å². The van der Waals surface area contributed by atoms with Crippen molar-refractivity contribution >= 4 is 0 Å². The molecule has 0 aliphatic heterocycles. The molecule has 21 heavy (non-hydrogen) atoms. The predicted molar refractivity (Wildman–Crippen MR) is 94.0 cm³/mol. The summed E-state index contributed by atoms with van der Waals surface area (Å²) in [7, 11) is 0. The molecular weight excluding hydrogens is 247 g/mol. The van der Waals surface area contributed by atoms with E-state index in [-0.39, 0.29) is 18.9 Å². The van der Waals surface area contributed by atoms with E-state index in [1.54, 1.807) is 0 Å². The standard InChI is InChI=1S/C20H41.Li/c1-5-7-8-9-10-11-12-13-14-15-17-20(4)18-19(3)16-6-2;/h19-20H,2,5-18H2,1,3-4H3;/q-1;+1. The summed E-state index contributed by atoms with van der Waals surface area (Å²) in [5.41, 5.74) is 0. The molecule has 0 saturated heterocycles. The molecule has 1 heteroatoms. The Morgan fingerprint density at radius 2 is 1.10 bits per heavy atom. The fraction of sp³-hybridized carbons (Fsp3) is 0.950. The summed E-state index contributed by atoms with van der Waals surface area (Å²) < 4.78 is 0. The molecule has 0 radical (unpaired) electrons. The maximum Gasteiger partial charge on any atom is 1.00 e. The van der Waals surface area contributed by atoms with Crippen LogP contribution in [0.25, 0.3) is 0 Å². The summed E-state index contributed by atoms with van der Waals surface area (Å²) in [5.74, 6) is 1.80. The van der Waals surface area contributed by atoms with E-state index in [4.69, 9.17) is 0 Å². The summed E-state index contributed by atoms with van der Waals surface area (Å²) in [6.45, 7) is 11.1. The Bertz CT molecular complexity index is 179. The van der Waals surface area contributed by atoms with Gasteiger partial charge in [0.1, 0.15) is 0 Å². The Labute approximate surface area is 148 Å². The Morgan fingerprint density at radius 1 is 0.667 bits per heavy atom. The van der Waals surface area contributed by atoms with Crippen LogP contribution in [0.4, 0.5) is 0 Å². The molecule has 0 aromatic heterocycles. The third-order valence-corrected chi connectivity index (χ3v) is 4.55. The van der Waals surface area contributed by atoms with Crippen LogP contribution in [0.15, 0.2) is 0 Å². The number of unbranched alkanes of at least 4 members (excludes halogenated alkanes) is 9. The van der Waals surface area contributed by atoms with Gasteiger partial charge in [0.15, 0.2) is 0 Å². The van der Waals surface area contributed by atoms with Crippen LogP contribution < -0.4 is 18.9 Å². The zero-order chi connectivity index (χ0) is 15.1. The average Bonchev–Trinajstić information content (AvgIpc) is 2.41. The Hall–Kier alpha value is 0.597. The second-order valence-electron chi connectivity index (χ2n) is 7.06. The van der Waals surface area contributed by atoms with Gasteiger partial charge in [-0.25, -0.2) is 0 Å². The van der Waals surface area contributed by atoms with E-state index in [9.17, 15) is 0 Å². The monoisotopic (exact) mass is 288 g/mol. The molecule has 0 rings (SSSR count). The SMILES string of the molecule is [CH2-]CCC(C)CC(C)CCCCCCCCCCCC.[Li+]. The fourth-order valence-electron chi connectivity index (χ4n) is 3.25. The molecule has 0 aliphatic rings. The van der Waals surface area contributed by atoms with Gasteiger partial charge in [-0.3, -0.25) is 0 Å². The van der Waals surface area contributed by atoms with Crippen molar-refractivity contribution in [2.24, 2.45) is 11.8 Å². The summed E-state index contributed by atoms with van der Waals surface area (Å²) in [6, 6.07) is 0. The molecule has 2 atom stereocenters. The maximum atomic E-state index is 3.96. The van der Waals surface area contributed by atoms with Crippen LogP contribution >= 0.6 is 0 Å². The Balaban J connectivity index is 0. The van der Waals surface area contributed by atoms with Crippen LogP contribution in [-0.4, -0.2) is 0 Å². The van der Waals surface area contributed by atoms with Crippen LogP contribution in [0.5, 0.6) is 0 Å². The molecule has 0 aromatic carbocycles. The second kappa shape index (κ2) is 18.6. The number of hydrogen-bond donors (Lipinski definition) is 0. The Kier molecular flexibility index (Phi) is 21.2. The van der Waals surface area contributed by atoms with E-state index < -0.39 is 0 Å². The number of rotatable bonds is 15. The maximum absolute atomic E-state index is 3.96. The van der Waals surface area contributed by atoms with Crippen LogP contribution in [0.2, 0.25) is 0 Å². The predicted octanol–water partition coefficient (Wildman–Crippen LogP) is 4.58. The summed E-state index contributed by atoms with van der Waals surface area (Å²) in [5, 5.41) is 0. The molecule has 0 spiro atoms. The minimum absolute atomic E-state index is 0. The van der Waals surface area contributed by atoms with E-state index in [1.165, 1.54) is 83.5 Å². The van der Waals surface area contributed by atoms with Gasteiger partial charge >= 0.3 is 18.9 Å². The minimum atomic E-state index is 0. The van der Waals surface area contributed by atoms with Crippen LogP contribution in [0, 0.1) is 18.8 Å². The molecule has 0 heterocycles. The van der Waals surface area contributed by atoms with Crippen molar-refractivity contribution in [1.82, 2.24) is 0 Å². The third-order valence-electron chi connectivity index (χ3n) is 4.55. The van der Waals surface area contributed by atoms with Gasteiger partial charge < -0.3 is 6.92 Å². The first kappa shape index (κ1) is 23.9.